The second-order valence-corrected chi connectivity index (χ2v) is 5.62. The highest BCUT2D eigenvalue weighted by Crippen LogP contribution is 2.21. The lowest BCUT2D eigenvalue weighted by atomic mass is 10.3. The van der Waals surface area contributed by atoms with Crippen LogP contribution in [0.25, 0.3) is 0 Å². The number of nitrogens with one attached hydrogen (secondary N) is 2. The van der Waals surface area contributed by atoms with Crippen molar-refractivity contribution in [1.29, 1.82) is 0 Å². The van der Waals surface area contributed by atoms with E-state index in [1.54, 1.807) is 6.92 Å². The van der Waals surface area contributed by atoms with Crippen molar-refractivity contribution in [2.24, 2.45) is 0 Å². The van der Waals surface area contributed by atoms with E-state index in [1.807, 2.05) is 0 Å². The third-order valence-electron chi connectivity index (χ3n) is 2.50. The van der Waals surface area contributed by atoms with Crippen LogP contribution in [0.15, 0.2) is 23.1 Å². The van der Waals surface area contributed by atoms with Crippen LogP contribution in [0, 0.1) is 25.5 Å². The number of benzene rings is 1. The zero-order valence-electron chi connectivity index (χ0n) is 10.2. The monoisotopic (exact) mass is 287 g/mol. The molecule has 1 aromatic heterocycles. The van der Waals surface area contributed by atoms with Crippen LogP contribution in [0.2, 0.25) is 0 Å². The molecular weight excluding hydrogens is 276 g/mol. The van der Waals surface area contributed by atoms with Gasteiger partial charge in [0.2, 0.25) is 0 Å². The first-order chi connectivity index (χ1) is 8.81. The van der Waals surface area contributed by atoms with Gasteiger partial charge in [0.25, 0.3) is 10.0 Å². The Morgan fingerprint density at radius 2 is 1.89 bits per heavy atom. The average Bonchev–Trinajstić information content (AvgIpc) is 2.64. The maximum atomic E-state index is 13.0. The Labute approximate surface area is 108 Å². The van der Waals surface area contributed by atoms with Crippen molar-refractivity contribution in [3.8, 4) is 0 Å². The first kappa shape index (κ1) is 13.5. The van der Waals surface area contributed by atoms with E-state index in [-0.39, 0.29) is 10.6 Å². The number of hydrogen-bond acceptors (Lipinski definition) is 3. The van der Waals surface area contributed by atoms with Gasteiger partial charge in [0.15, 0.2) is 11.6 Å². The number of halogens is 2. The van der Waals surface area contributed by atoms with E-state index in [4.69, 9.17) is 0 Å². The van der Waals surface area contributed by atoms with Crippen LogP contribution in [-0.4, -0.2) is 18.6 Å². The van der Waals surface area contributed by atoms with Gasteiger partial charge in [0.05, 0.1) is 17.1 Å². The molecular formula is C11H11F2N3O2S. The zero-order chi connectivity index (χ0) is 14.2. The van der Waals surface area contributed by atoms with Gasteiger partial charge in [-0.15, -0.1) is 0 Å². The molecule has 2 rings (SSSR count). The van der Waals surface area contributed by atoms with Crippen molar-refractivity contribution in [2.75, 3.05) is 4.72 Å². The molecule has 2 N–H and O–H groups in total. The summed E-state index contributed by atoms with van der Waals surface area (Å²) in [7, 11) is -3.89. The molecule has 0 aliphatic heterocycles. The number of nitrogens with zero attached hydrogens (tertiary/aromatic N) is 1. The van der Waals surface area contributed by atoms with Crippen LogP contribution in [-0.2, 0) is 10.0 Å². The molecule has 2 aromatic rings. The first-order valence-corrected chi connectivity index (χ1v) is 6.79. The van der Waals surface area contributed by atoms with E-state index >= 15 is 0 Å². The molecule has 5 nitrogen and oxygen atoms in total. The summed E-state index contributed by atoms with van der Waals surface area (Å²) < 4.78 is 52.2. The van der Waals surface area contributed by atoms with Crippen molar-refractivity contribution in [1.82, 2.24) is 10.2 Å². The van der Waals surface area contributed by atoms with Crippen molar-refractivity contribution in [2.45, 2.75) is 18.7 Å². The van der Waals surface area contributed by atoms with Crippen LogP contribution >= 0.6 is 0 Å². The van der Waals surface area contributed by atoms with Gasteiger partial charge in [0.1, 0.15) is 4.90 Å². The van der Waals surface area contributed by atoms with Gasteiger partial charge in [-0.3, -0.25) is 9.82 Å². The molecule has 0 bridgehead atoms. The lowest BCUT2D eigenvalue weighted by Crippen LogP contribution is -2.14. The number of rotatable bonds is 3. The predicted octanol–water partition coefficient (Wildman–Crippen LogP) is 2.11. The third kappa shape index (κ3) is 2.58. The maximum absolute atomic E-state index is 13.0. The SMILES string of the molecule is Cc1n[nH]c(C)c1S(=O)(=O)Nc1ccc(F)c(F)c1. The summed E-state index contributed by atoms with van der Waals surface area (Å²) >= 11 is 0. The van der Waals surface area contributed by atoms with E-state index in [0.717, 1.165) is 18.2 Å². The van der Waals surface area contributed by atoms with Crippen LogP contribution < -0.4 is 4.72 Å². The van der Waals surface area contributed by atoms with Crippen LogP contribution in [0.3, 0.4) is 0 Å². The number of H-pyrrole nitrogens is 1. The number of hydrogen-bond donors (Lipinski definition) is 2. The molecule has 0 radical (unpaired) electrons. The Kier molecular flexibility index (Phi) is 3.27. The molecule has 0 saturated heterocycles. The Balaban J connectivity index is 2.39. The fraction of sp³-hybridized carbons (Fsp3) is 0.182. The quantitative estimate of drug-likeness (QED) is 0.907. The largest absolute Gasteiger partial charge is 0.281 e. The highest BCUT2D eigenvalue weighted by Gasteiger charge is 2.22. The van der Waals surface area contributed by atoms with Gasteiger partial charge in [-0.2, -0.15) is 5.10 Å². The molecule has 19 heavy (non-hydrogen) atoms. The Hall–Kier alpha value is -1.96. The number of aromatic amines is 1. The van der Waals surface area contributed by atoms with E-state index < -0.39 is 21.7 Å². The van der Waals surface area contributed by atoms with Gasteiger partial charge in [-0.05, 0) is 26.0 Å². The van der Waals surface area contributed by atoms with Crippen molar-refractivity contribution in [3.05, 3.63) is 41.2 Å². The normalized spacial score (nSPS) is 11.6. The highest BCUT2D eigenvalue weighted by molar-refractivity contribution is 7.92. The molecule has 0 spiro atoms. The van der Waals surface area contributed by atoms with E-state index in [9.17, 15) is 17.2 Å². The molecule has 8 heteroatoms. The lowest BCUT2D eigenvalue weighted by molar-refractivity contribution is 0.509. The fourth-order valence-electron chi connectivity index (χ4n) is 1.70. The minimum atomic E-state index is -3.89. The standard InChI is InChI=1S/C11H11F2N3O2S/c1-6-11(7(2)15-14-6)19(17,18)16-8-3-4-9(12)10(13)5-8/h3-5,16H,1-2H3,(H,14,15). The average molecular weight is 287 g/mol. The number of aryl methyl sites for hydroxylation is 2. The Bertz CT molecular complexity index is 706. The Morgan fingerprint density at radius 1 is 1.21 bits per heavy atom. The fourth-order valence-corrected chi connectivity index (χ4v) is 3.13. The molecule has 102 valence electrons. The second-order valence-electron chi connectivity index (χ2n) is 4.00. The van der Waals surface area contributed by atoms with Crippen molar-refractivity contribution < 1.29 is 17.2 Å². The summed E-state index contributed by atoms with van der Waals surface area (Å²) in [5.74, 6) is -2.17. The highest BCUT2D eigenvalue weighted by atomic mass is 32.2. The minimum Gasteiger partial charge on any atom is -0.281 e. The third-order valence-corrected chi connectivity index (χ3v) is 4.14. The number of anilines is 1. The topological polar surface area (TPSA) is 74.8 Å². The smallest absolute Gasteiger partial charge is 0.265 e. The van der Waals surface area contributed by atoms with E-state index in [2.05, 4.69) is 14.9 Å². The number of sulfonamides is 1. The maximum Gasteiger partial charge on any atom is 0.265 e. The van der Waals surface area contributed by atoms with Gasteiger partial charge < -0.3 is 0 Å². The molecule has 0 saturated carbocycles. The van der Waals surface area contributed by atoms with Gasteiger partial charge >= 0.3 is 0 Å². The molecule has 1 heterocycles. The summed E-state index contributed by atoms with van der Waals surface area (Å²) in [4.78, 5) is -0.00256. The summed E-state index contributed by atoms with van der Waals surface area (Å²) in [5.41, 5.74) is 0.610. The summed E-state index contributed by atoms with van der Waals surface area (Å²) in [6.07, 6.45) is 0. The zero-order valence-corrected chi connectivity index (χ0v) is 11.0. The molecule has 0 fully saturated rings. The summed E-state index contributed by atoms with van der Waals surface area (Å²) in [6, 6.07) is 2.76. The molecule has 1 aromatic carbocycles. The Morgan fingerprint density at radius 3 is 2.42 bits per heavy atom. The van der Waals surface area contributed by atoms with Crippen LogP contribution in [0.4, 0.5) is 14.5 Å². The van der Waals surface area contributed by atoms with Crippen LogP contribution in [0.1, 0.15) is 11.4 Å². The van der Waals surface area contributed by atoms with Gasteiger partial charge in [-0.25, -0.2) is 17.2 Å². The van der Waals surface area contributed by atoms with Crippen molar-refractivity contribution in [3.63, 3.8) is 0 Å². The summed E-state index contributed by atoms with van der Waals surface area (Å²) in [5, 5.41) is 6.32. The predicted molar refractivity (Wildman–Crippen MR) is 65.2 cm³/mol. The van der Waals surface area contributed by atoms with Crippen LogP contribution in [0.5, 0.6) is 0 Å². The van der Waals surface area contributed by atoms with Crippen molar-refractivity contribution >= 4 is 15.7 Å². The number of aromatic nitrogens is 2. The van der Waals surface area contributed by atoms with E-state index in [1.165, 1.54) is 6.92 Å². The molecule has 0 unspecified atom stereocenters. The molecule has 0 aliphatic carbocycles. The minimum absolute atomic E-state index is 0.00256. The molecule has 0 atom stereocenters. The van der Waals surface area contributed by atoms with E-state index in [0.29, 0.717) is 11.4 Å². The summed E-state index contributed by atoms with van der Waals surface area (Å²) in [6.45, 7) is 3.09. The van der Waals surface area contributed by atoms with Gasteiger partial charge in [-0.1, -0.05) is 0 Å². The lowest BCUT2D eigenvalue weighted by Gasteiger charge is -2.08. The molecule has 0 amide bonds. The second kappa shape index (κ2) is 4.61. The van der Waals surface area contributed by atoms with Gasteiger partial charge in [0, 0.05) is 6.07 Å². The first-order valence-electron chi connectivity index (χ1n) is 5.30. The molecule has 0 aliphatic rings.